The van der Waals surface area contributed by atoms with E-state index in [0.29, 0.717) is 34.8 Å². The Morgan fingerprint density at radius 3 is 2.34 bits per heavy atom. The summed E-state index contributed by atoms with van der Waals surface area (Å²) in [5, 5.41) is 3.71. The van der Waals surface area contributed by atoms with Crippen LogP contribution < -0.4 is 15.5 Å². The smallest absolute Gasteiger partial charge is 0.491 e. The molecule has 2 aromatic carbocycles. The molecule has 0 amide bonds. The van der Waals surface area contributed by atoms with Crippen molar-refractivity contribution >= 4 is 41.6 Å². The molecule has 0 aliphatic carbocycles. The fraction of sp³-hybridized carbons (Fsp3) is 0.517. The van der Waals surface area contributed by atoms with Gasteiger partial charge in [-0.3, -0.25) is 9.59 Å². The zero-order valence-electron chi connectivity index (χ0n) is 23.7. The number of nitrogens with one attached hydrogen (secondary N) is 1. The highest BCUT2D eigenvalue weighted by Gasteiger charge is 2.52. The second-order valence-corrected chi connectivity index (χ2v) is 12.0. The number of carbonyl (C=O) groups excluding carboxylic acids is 2. The minimum absolute atomic E-state index is 0.0591. The third-order valence-corrected chi connectivity index (χ3v) is 7.03. The average molecular weight is 544 g/mol. The first-order chi connectivity index (χ1) is 17.6. The Morgan fingerprint density at radius 1 is 1.05 bits per heavy atom. The van der Waals surface area contributed by atoms with E-state index in [1.165, 1.54) is 0 Å². The van der Waals surface area contributed by atoms with Crippen LogP contribution in [0, 0.1) is 6.92 Å². The number of para-hydroxylation sites is 1. The van der Waals surface area contributed by atoms with Crippen molar-refractivity contribution in [3.8, 4) is 5.75 Å². The van der Waals surface area contributed by atoms with Gasteiger partial charge in [-0.05, 0) is 85.6 Å². The van der Waals surface area contributed by atoms with Gasteiger partial charge in [-0.2, -0.15) is 0 Å². The summed E-state index contributed by atoms with van der Waals surface area (Å²) in [5.41, 5.74) is 1.26. The number of hydrogen-bond donors (Lipinski definition) is 1. The molecule has 0 aromatic heterocycles. The van der Waals surface area contributed by atoms with Gasteiger partial charge in [0, 0.05) is 22.5 Å². The lowest BCUT2D eigenvalue weighted by Crippen LogP contribution is -2.41. The summed E-state index contributed by atoms with van der Waals surface area (Å²) in [6.07, 6.45) is 0.791. The van der Waals surface area contributed by atoms with Crippen LogP contribution in [-0.2, 0) is 18.8 Å². The van der Waals surface area contributed by atoms with Gasteiger partial charge in [-0.25, -0.2) is 0 Å². The lowest BCUT2D eigenvalue weighted by atomic mass is 9.78. The highest BCUT2D eigenvalue weighted by Crippen LogP contribution is 2.37. The van der Waals surface area contributed by atoms with Crippen LogP contribution >= 0.6 is 11.6 Å². The largest absolute Gasteiger partial charge is 0.496 e. The van der Waals surface area contributed by atoms with E-state index in [2.05, 4.69) is 5.32 Å². The summed E-state index contributed by atoms with van der Waals surface area (Å²) in [7, 11) is -0.662. The fourth-order valence-electron chi connectivity index (χ4n) is 3.92. The Balaban J connectivity index is 1.63. The van der Waals surface area contributed by atoms with Crippen molar-refractivity contribution in [1.82, 2.24) is 0 Å². The first-order valence-electron chi connectivity index (χ1n) is 13.0. The van der Waals surface area contributed by atoms with Crippen LogP contribution in [0.25, 0.3) is 0 Å². The molecule has 1 aliphatic rings. The SMILES string of the molecule is Cc1cccc(OCCCC(=O)OC(C)(C)C)c1NCC(=O)c1ccc(Cl)c(B2OC(C)(C)C(C)(C)O2)c1. The van der Waals surface area contributed by atoms with Crippen LogP contribution in [0.3, 0.4) is 0 Å². The van der Waals surface area contributed by atoms with E-state index in [9.17, 15) is 9.59 Å². The van der Waals surface area contributed by atoms with E-state index in [0.717, 1.165) is 11.3 Å². The Kier molecular flexibility index (Phi) is 9.22. The van der Waals surface area contributed by atoms with Crippen molar-refractivity contribution in [2.24, 2.45) is 0 Å². The Bertz CT molecular complexity index is 1160. The number of anilines is 1. The highest BCUT2D eigenvalue weighted by atomic mass is 35.5. The van der Waals surface area contributed by atoms with Crippen LogP contribution in [0.5, 0.6) is 5.75 Å². The first-order valence-corrected chi connectivity index (χ1v) is 13.3. The number of aryl methyl sites for hydroxylation is 1. The molecule has 9 heteroatoms. The Hall–Kier alpha value is -2.55. The Morgan fingerprint density at radius 2 is 1.71 bits per heavy atom. The summed E-state index contributed by atoms with van der Waals surface area (Å²) in [5.74, 6) is 0.256. The van der Waals surface area contributed by atoms with Crippen LogP contribution in [0.1, 0.15) is 77.2 Å². The monoisotopic (exact) mass is 543 g/mol. The molecule has 1 N–H and O–H groups in total. The molecule has 0 unspecified atom stereocenters. The molecule has 0 saturated carbocycles. The van der Waals surface area contributed by atoms with Gasteiger partial charge < -0.3 is 24.1 Å². The van der Waals surface area contributed by atoms with Crippen molar-refractivity contribution in [3.05, 3.63) is 52.5 Å². The quantitative estimate of drug-likeness (QED) is 0.177. The van der Waals surface area contributed by atoms with Crippen LogP contribution in [0.15, 0.2) is 36.4 Å². The number of benzene rings is 2. The molecular weight excluding hydrogens is 505 g/mol. The molecule has 1 fully saturated rings. The summed E-state index contributed by atoms with van der Waals surface area (Å²) in [6.45, 7) is 15.8. The van der Waals surface area contributed by atoms with Gasteiger partial charge in [-0.15, -0.1) is 0 Å². The molecule has 0 spiro atoms. The minimum atomic E-state index is -0.662. The summed E-state index contributed by atoms with van der Waals surface area (Å²) in [4.78, 5) is 25.1. The van der Waals surface area contributed by atoms with Crippen LogP contribution in [0.2, 0.25) is 5.02 Å². The van der Waals surface area contributed by atoms with E-state index >= 15 is 0 Å². The summed E-state index contributed by atoms with van der Waals surface area (Å²) < 4.78 is 23.6. The molecule has 2 aromatic rings. The van der Waals surface area contributed by atoms with E-state index < -0.39 is 23.9 Å². The third kappa shape index (κ3) is 7.52. The van der Waals surface area contributed by atoms with E-state index in [4.69, 9.17) is 30.4 Å². The maximum Gasteiger partial charge on any atom is 0.496 e. The summed E-state index contributed by atoms with van der Waals surface area (Å²) in [6, 6.07) is 10.8. The molecule has 0 atom stereocenters. The minimum Gasteiger partial charge on any atom is -0.491 e. The third-order valence-electron chi connectivity index (χ3n) is 6.69. The lowest BCUT2D eigenvalue weighted by molar-refractivity contribution is -0.155. The van der Waals surface area contributed by atoms with E-state index in [-0.39, 0.29) is 24.7 Å². The second-order valence-electron chi connectivity index (χ2n) is 11.6. The van der Waals surface area contributed by atoms with E-state index in [1.807, 2.05) is 73.6 Å². The Labute approximate surface area is 231 Å². The van der Waals surface area contributed by atoms with Crippen molar-refractivity contribution in [1.29, 1.82) is 0 Å². The van der Waals surface area contributed by atoms with Crippen molar-refractivity contribution < 1.29 is 28.4 Å². The van der Waals surface area contributed by atoms with Crippen molar-refractivity contribution in [3.63, 3.8) is 0 Å². The zero-order chi connectivity index (χ0) is 28.3. The van der Waals surface area contributed by atoms with Gasteiger partial charge in [0.1, 0.15) is 11.4 Å². The van der Waals surface area contributed by atoms with Crippen molar-refractivity contribution in [2.75, 3.05) is 18.5 Å². The number of hydrogen-bond acceptors (Lipinski definition) is 7. The molecule has 1 saturated heterocycles. The molecular formula is C29H39BClNO6. The molecule has 0 bridgehead atoms. The fourth-order valence-corrected chi connectivity index (χ4v) is 4.12. The number of esters is 1. The number of halogens is 1. The highest BCUT2D eigenvalue weighted by molar-refractivity contribution is 6.65. The van der Waals surface area contributed by atoms with Gasteiger partial charge in [0.2, 0.25) is 0 Å². The van der Waals surface area contributed by atoms with Gasteiger partial charge in [0.15, 0.2) is 5.78 Å². The number of Topliss-reactive ketones (excluding diaryl/α,β-unsaturated/α-hetero) is 1. The van der Waals surface area contributed by atoms with Crippen molar-refractivity contribution in [2.45, 2.75) is 85.0 Å². The molecule has 1 aliphatic heterocycles. The number of ether oxygens (including phenoxy) is 2. The maximum atomic E-state index is 13.1. The standard InChI is InChI=1S/C29H39BClNO6/c1-19-11-9-12-24(35-16-10-13-25(34)36-27(2,3)4)26(19)32-18-23(33)20-14-15-22(31)21(17-20)30-37-28(5,6)29(7,8)38-30/h9,11-12,14-15,17,32H,10,13,16,18H2,1-8H3. The van der Waals surface area contributed by atoms with Gasteiger partial charge in [0.25, 0.3) is 0 Å². The average Bonchev–Trinajstić information content (AvgIpc) is 3.01. The molecule has 206 valence electrons. The second kappa shape index (κ2) is 11.7. The normalized spacial score (nSPS) is 16.3. The van der Waals surface area contributed by atoms with Crippen LogP contribution in [-0.4, -0.2) is 48.8 Å². The number of carbonyl (C=O) groups is 2. The van der Waals surface area contributed by atoms with Gasteiger partial charge in [0.05, 0.1) is 30.0 Å². The molecule has 3 rings (SSSR count). The molecule has 7 nitrogen and oxygen atoms in total. The first kappa shape index (κ1) is 30.0. The number of rotatable bonds is 10. The van der Waals surface area contributed by atoms with E-state index in [1.54, 1.807) is 18.2 Å². The number of ketones is 1. The predicted octanol–water partition coefficient (Wildman–Crippen LogP) is 5.74. The zero-order valence-corrected chi connectivity index (χ0v) is 24.5. The maximum absolute atomic E-state index is 13.1. The van der Waals surface area contributed by atoms with Crippen LogP contribution in [0.4, 0.5) is 5.69 Å². The molecule has 38 heavy (non-hydrogen) atoms. The molecule has 1 heterocycles. The molecule has 0 radical (unpaired) electrons. The lowest BCUT2D eigenvalue weighted by Gasteiger charge is -2.32. The predicted molar refractivity (Wildman–Crippen MR) is 152 cm³/mol. The topological polar surface area (TPSA) is 83.1 Å². The summed E-state index contributed by atoms with van der Waals surface area (Å²) >= 11 is 6.46. The van der Waals surface area contributed by atoms with Gasteiger partial charge in [-0.1, -0.05) is 29.8 Å². The van der Waals surface area contributed by atoms with Gasteiger partial charge >= 0.3 is 13.1 Å².